The molecule has 0 saturated heterocycles. The summed E-state index contributed by atoms with van der Waals surface area (Å²) in [6, 6.07) is 15.8. The third-order valence-electron chi connectivity index (χ3n) is 4.22. The second-order valence-corrected chi connectivity index (χ2v) is 7.95. The van der Waals surface area contributed by atoms with Gasteiger partial charge in [0.1, 0.15) is 5.76 Å². The fourth-order valence-electron chi connectivity index (χ4n) is 2.94. The van der Waals surface area contributed by atoms with Gasteiger partial charge in [-0.3, -0.25) is 9.97 Å². The van der Waals surface area contributed by atoms with Crippen LogP contribution in [0.3, 0.4) is 0 Å². The molecule has 0 radical (unpaired) electrons. The van der Waals surface area contributed by atoms with Gasteiger partial charge in [-0.25, -0.2) is 8.42 Å². The number of pyridine rings is 2. The highest BCUT2D eigenvalue weighted by atomic mass is 32.2. The van der Waals surface area contributed by atoms with E-state index in [0.717, 1.165) is 5.56 Å². The van der Waals surface area contributed by atoms with Crippen molar-refractivity contribution < 1.29 is 12.8 Å². The Morgan fingerprint density at radius 3 is 2.59 bits per heavy atom. The Morgan fingerprint density at radius 2 is 1.81 bits per heavy atom. The monoisotopic (exact) mass is 379 g/mol. The van der Waals surface area contributed by atoms with E-state index in [-0.39, 0.29) is 18.0 Å². The lowest BCUT2D eigenvalue weighted by atomic mass is 10.2. The molecule has 0 spiro atoms. The summed E-state index contributed by atoms with van der Waals surface area (Å²) in [6.45, 7) is 0.314. The molecule has 0 N–H and O–H groups in total. The highest BCUT2D eigenvalue weighted by Crippen LogP contribution is 2.27. The summed E-state index contributed by atoms with van der Waals surface area (Å²) in [4.78, 5) is 8.57. The van der Waals surface area contributed by atoms with Crippen molar-refractivity contribution >= 4 is 20.9 Å². The van der Waals surface area contributed by atoms with Crippen LogP contribution in [-0.2, 0) is 23.1 Å². The fourth-order valence-corrected chi connectivity index (χ4v) is 4.53. The van der Waals surface area contributed by atoms with Gasteiger partial charge in [0.2, 0.25) is 10.0 Å². The van der Waals surface area contributed by atoms with Gasteiger partial charge in [0, 0.05) is 30.5 Å². The van der Waals surface area contributed by atoms with Crippen molar-refractivity contribution in [2.45, 2.75) is 18.0 Å². The van der Waals surface area contributed by atoms with E-state index >= 15 is 0 Å². The van der Waals surface area contributed by atoms with Crippen LogP contribution >= 0.6 is 0 Å². The molecular weight excluding hydrogens is 362 g/mol. The van der Waals surface area contributed by atoms with E-state index in [9.17, 15) is 8.42 Å². The van der Waals surface area contributed by atoms with E-state index in [1.807, 2.05) is 6.07 Å². The summed E-state index contributed by atoms with van der Waals surface area (Å²) < 4.78 is 33.8. The zero-order chi connectivity index (χ0) is 18.7. The molecule has 0 aliphatic rings. The standard InChI is InChI=1S/C20H17N3O3S/c24-27(25,20-9-1-8-19-18(20)7-3-11-22-19)23(15-17-6-4-12-26-17)14-16-5-2-10-21-13-16/h1-13H,14-15H2. The Bertz CT molecular complexity index is 1140. The number of nitrogens with zero attached hydrogens (tertiary/aromatic N) is 3. The van der Waals surface area contributed by atoms with E-state index in [1.165, 1.54) is 10.6 Å². The summed E-state index contributed by atoms with van der Waals surface area (Å²) in [5.41, 5.74) is 1.43. The molecule has 4 rings (SSSR count). The number of rotatable bonds is 6. The number of benzene rings is 1. The van der Waals surface area contributed by atoms with Crippen LogP contribution in [0.5, 0.6) is 0 Å². The van der Waals surface area contributed by atoms with Crippen molar-refractivity contribution in [3.8, 4) is 0 Å². The first-order chi connectivity index (χ1) is 13.1. The first-order valence-corrected chi connectivity index (χ1v) is 9.84. The highest BCUT2D eigenvalue weighted by Gasteiger charge is 2.27. The molecule has 136 valence electrons. The van der Waals surface area contributed by atoms with E-state index < -0.39 is 10.0 Å². The first kappa shape index (κ1) is 17.4. The van der Waals surface area contributed by atoms with Crippen molar-refractivity contribution in [2.75, 3.05) is 0 Å². The minimum Gasteiger partial charge on any atom is -0.468 e. The second-order valence-electron chi connectivity index (χ2n) is 6.04. The zero-order valence-electron chi connectivity index (χ0n) is 14.4. The molecule has 0 aliphatic heterocycles. The molecule has 3 aromatic heterocycles. The van der Waals surface area contributed by atoms with E-state index in [4.69, 9.17) is 4.42 Å². The normalized spacial score (nSPS) is 11.9. The number of furan rings is 1. The molecule has 0 atom stereocenters. The van der Waals surface area contributed by atoms with Crippen LogP contribution in [0, 0.1) is 0 Å². The molecule has 0 unspecified atom stereocenters. The lowest BCUT2D eigenvalue weighted by molar-refractivity contribution is 0.358. The average molecular weight is 379 g/mol. The van der Waals surface area contributed by atoms with Gasteiger partial charge in [0.05, 0.1) is 23.2 Å². The Morgan fingerprint density at radius 1 is 0.926 bits per heavy atom. The average Bonchev–Trinajstić information content (AvgIpc) is 3.21. The van der Waals surface area contributed by atoms with Crippen LogP contribution in [-0.4, -0.2) is 22.7 Å². The second kappa shape index (κ2) is 7.30. The van der Waals surface area contributed by atoms with Crippen molar-refractivity contribution in [3.05, 3.63) is 90.8 Å². The quantitative estimate of drug-likeness (QED) is 0.511. The van der Waals surface area contributed by atoms with Crippen molar-refractivity contribution in [1.82, 2.24) is 14.3 Å². The molecule has 27 heavy (non-hydrogen) atoms. The predicted octanol–water partition coefficient (Wildman–Crippen LogP) is 3.61. The Labute approximate surface area is 157 Å². The van der Waals surface area contributed by atoms with Crippen LogP contribution in [0.25, 0.3) is 10.9 Å². The maximum atomic E-state index is 13.5. The van der Waals surface area contributed by atoms with Gasteiger partial charge in [-0.1, -0.05) is 12.1 Å². The van der Waals surface area contributed by atoms with Gasteiger partial charge in [0.15, 0.2) is 0 Å². The van der Waals surface area contributed by atoms with Crippen LogP contribution in [0.1, 0.15) is 11.3 Å². The van der Waals surface area contributed by atoms with Crippen LogP contribution < -0.4 is 0 Å². The molecule has 3 heterocycles. The molecule has 4 aromatic rings. The zero-order valence-corrected chi connectivity index (χ0v) is 15.2. The summed E-state index contributed by atoms with van der Waals surface area (Å²) in [6.07, 6.45) is 6.50. The van der Waals surface area contributed by atoms with E-state index in [1.54, 1.807) is 67.1 Å². The maximum Gasteiger partial charge on any atom is 0.244 e. The van der Waals surface area contributed by atoms with Crippen LogP contribution in [0.15, 0.2) is 88.8 Å². The smallest absolute Gasteiger partial charge is 0.244 e. The number of hydrogen-bond donors (Lipinski definition) is 0. The van der Waals surface area contributed by atoms with E-state index in [0.29, 0.717) is 16.7 Å². The number of sulfonamides is 1. The fraction of sp³-hybridized carbons (Fsp3) is 0.100. The summed E-state index contributed by atoms with van der Waals surface area (Å²) in [5, 5.41) is 0.593. The Balaban J connectivity index is 1.79. The number of fused-ring (bicyclic) bond motifs is 1. The SMILES string of the molecule is O=S(=O)(c1cccc2ncccc12)N(Cc1cccnc1)Cc1ccco1. The minimum atomic E-state index is -3.80. The van der Waals surface area contributed by atoms with Crippen molar-refractivity contribution in [3.63, 3.8) is 0 Å². The molecule has 0 saturated carbocycles. The highest BCUT2D eigenvalue weighted by molar-refractivity contribution is 7.89. The Hall–Kier alpha value is -3.03. The minimum absolute atomic E-state index is 0.126. The van der Waals surface area contributed by atoms with Gasteiger partial charge in [-0.15, -0.1) is 0 Å². The van der Waals surface area contributed by atoms with Crippen molar-refractivity contribution in [2.24, 2.45) is 0 Å². The predicted molar refractivity (Wildman–Crippen MR) is 101 cm³/mol. The number of aromatic nitrogens is 2. The van der Waals surface area contributed by atoms with Gasteiger partial charge < -0.3 is 4.42 Å². The molecule has 0 aliphatic carbocycles. The van der Waals surface area contributed by atoms with Gasteiger partial charge in [0.25, 0.3) is 0 Å². The number of hydrogen-bond acceptors (Lipinski definition) is 5. The molecule has 1 aromatic carbocycles. The molecule has 7 heteroatoms. The summed E-state index contributed by atoms with van der Waals surface area (Å²) >= 11 is 0. The summed E-state index contributed by atoms with van der Waals surface area (Å²) in [5.74, 6) is 0.570. The molecular formula is C20H17N3O3S. The molecule has 0 amide bonds. The van der Waals surface area contributed by atoms with Gasteiger partial charge in [-0.05, 0) is 48.0 Å². The third kappa shape index (κ3) is 3.60. The Kier molecular flexibility index (Phi) is 4.70. The third-order valence-corrected chi connectivity index (χ3v) is 6.07. The largest absolute Gasteiger partial charge is 0.468 e. The van der Waals surface area contributed by atoms with Crippen LogP contribution in [0.4, 0.5) is 0 Å². The topological polar surface area (TPSA) is 76.3 Å². The first-order valence-electron chi connectivity index (χ1n) is 8.40. The van der Waals surface area contributed by atoms with Gasteiger partial charge in [-0.2, -0.15) is 4.31 Å². The molecule has 0 fully saturated rings. The molecule has 6 nitrogen and oxygen atoms in total. The molecule has 0 bridgehead atoms. The van der Waals surface area contributed by atoms with Gasteiger partial charge >= 0.3 is 0 Å². The lowest BCUT2D eigenvalue weighted by Gasteiger charge is -2.22. The van der Waals surface area contributed by atoms with Crippen LogP contribution in [0.2, 0.25) is 0 Å². The van der Waals surface area contributed by atoms with E-state index in [2.05, 4.69) is 9.97 Å². The van der Waals surface area contributed by atoms with Crippen molar-refractivity contribution in [1.29, 1.82) is 0 Å². The summed E-state index contributed by atoms with van der Waals surface area (Å²) in [7, 11) is -3.80. The maximum absolute atomic E-state index is 13.5. The lowest BCUT2D eigenvalue weighted by Crippen LogP contribution is -2.30.